The Balaban J connectivity index is 2.15. The van der Waals surface area contributed by atoms with Gasteiger partial charge in [0.25, 0.3) is 0 Å². The number of ether oxygens (including phenoxy) is 2. The molecule has 1 unspecified atom stereocenters. The van der Waals surface area contributed by atoms with Crippen LogP contribution in [-0.4, -0.2) is 56.4 Å². The number of nitrogens with zero attached hydrogens (tertiary/aromatic N) is 1. The van der Waals surface area contributed by atoms with E-state index in [1.165, 1.54) is 11.3 Å². The third kappa shape index (κ3) is 5.09. The number of carboxylic acids is 1. The van der Waals surface area contributed by atoms with Gasteiger partial charge in [-0.2, -0.15) is 0 Å². The summed E-state index contributed by atoms with van der Waals surface area (Å²) in [5.41, 5.74) is 0.971. The molecule has 1 saturated carbocycles. The highest BCUT2D eigenvalue weighted by Gasteiger charge is 2.35. The topological polar surface area (TPSA) is 88.1 Å². The van der Waals surface area contributed by atoms with Gasteiger partial charge in [-0.3, -0.25) is 4.79 Å². The van der Waals surface area contributed by atoms with Crippen molar-refractivity contribution in [3.63, 3.8) is 0 Å². The van der Waals surface area contributed by atoms with Crippen LogP contribution < -0.4 is 14.8 Å². The SMILES string of the molecule is COc1ccc(C2(CNC(=O)N(C)CC(C)C(=O)O)CCCCC2)cc1OC. The van der Waals surface area contributed by atoms with E-state index in [-0.39, 0.29) is 18.0 Å². The first kappa shape index (κ1) is 21.9. The average molecular weight is 392 g/mol. The van der Waals surface area contributed by atoms with E-state index in [9.17, 15) is 9.59 Å². The summed E-state index contributed by atoms with van der Waals surface area (Å²) >= 11 is 0. The van der Waals surface area contributed by atoms with Gasteiger partial charge in [-0.1, -0.05) is 32.3 Å². The fourth-order valence-corrected chi connectivity index (χ4v) is 3.91. The van der Waals surface area contributed by atoms with Gasteiger partial charge in [0.15, 0.2) is 11.5 Å². The zero-order valence-electron chi connectivity index (χ0n) is 17.3. The molecule has 1 atom stereocenters. The molecule has 1 aliphatic rings. The smallest absolute Gasteiger partial charge is 0.317 e. The lowest BCUT2D eigenvalue weighted by Gasteiger charge is -2.38. The highest BCUT2D eigenvalue weighted by atomic mass is 16.5. The maximum absolute atomic E-state index is 12.5. The third-order valence-corrected chi connectivity index (χ3v) is 5.70. The molecule has 0 bridgehead atoms. The van der Waals surface area contributed by atoms with Crippen LogP contribution in [0.2, 0.25) is 0 Å². The van der Waals surface area contributed by atoms with Crippen molar-refractivity contribution in [1.82, 2.24) is 10.2 Å². The van der Waals surface area contributed by atoms with Gasteiger partial charge in [0, 0.05) is 25.6 Å². The number of benzene rings is 1. The number of carboxylic acid groups (broad SMARTS) is 1. The first-order valence-corrected chi connectivity index (χ1v) is 9.77. The summed E-state index contributed by atoms with van der Waals surface area (Å²) < 4.78 is 10.8. The van der Waals surface area contributed by atoms with E-state index in [0.717, 1.165) is 31.2 Å². The predicted octanol–water partition coefficient (Wildman–Crippen LogP) is 3.27. The molecule has 2 amide bonds. The van der Waals surface area contributed by atoms with Crippen LogP contribution in [0.15, 0.2) is 18.2 Å². The lowest BCUT2D eigenvalue weighted by molar-refractivity contribution is -0.141. The van der Waals surface area contributed by atoms with Crippen molar-refractivity contribution in [1.29, 1.82) is 0 Å². The third-order valence-electron chi connectivity index (χ3n) is 5.70. The Kier molecular flexibility index (Phi) is 7.54. The minimum atomic E-state index is -0.909. The van der Waals surface area contributed by atoms with Crippen LogP contribution in [0.25, 0.3) is 0 Å². The highest BCUT2D eigenvalue weighted by Crippen LogP contribution is 2.42. The minimum absolute atomic E-state index is 0.160. The second-order valence-corrected chi connectivity index (χ2v) is 7.69. The Bertz CT molecular complexity index is 685. The molecule has 1 aromatic rings. The number of amides is 2. The number of methoxy groups -OCH3 is 2. The number of aliphatic carboxylic acids is 1. The van der Waals surface area contributed by atoms with Gasteiger partial charge >= 0.3 is 12.0 Å². The van der Waals surface area contributed by atoms with Gasteiger partial charge < -0.3 is 24.8 Å². The van der Waals surface area contributed by atoms with Crippen molar-refractivity contribution >= 4 is 12.0 Å². The van der Waals surface area contributed by atoms with Gasteiger partial charge in [0.2, 0.25) is 0 Å². The van der Waals surface area contributed by atoms with Crippen LogP contribution >= 0.6 is 0 Å². The fourth-order valence-electron chi connectivity index (χ4n) is 3.91. The van der Waals surface area contributed by atoms with Crippen molar-refractivity contribution in [2.24, 2.45) is 5.92 Å². The van der Waals surface area contributed by atoms with Gasteiger partial charge in [-0.15, -0.1) is 0 Å². The van der Waals surface area contributed by atoms with Gasteiger partial charge in [-0.25, -0.2) is 4.79 Å². The first-order valence-electron chi connectivity index (χ1n) is 9.77. The summed E-state index contributed by atoms with van der Waals surface area (Å²) in [7, 11) is 4.86. The minimum Gasteiger partial charge on any atom is -0.493 e. The van der Waals surface area contributed by atoms with Gasteiger partial charge in [0.05, 0.1) is 20.1 Å². The van der Waals surface area contributed by atoms with Gasteiger partial charge in [0.1, 0.15) is 0 Å². The molecule has 156 valence electrons. The maximum Gasteiger partial charge on any atom is 0.317 e. The van der Waals surface area contributed by atoms with Crippen molar-refractivity contribution in [3.05, 3.63) is 23.8 Å². The molecule has 0 heterocycles. The van der Waals surface area contributed by atoms with E-state index in [4.69, 9.17) is 14.6 Å². The summed E-state index contributed by atoms with van der Waals surface area (Å²) in [4.78, 5) is 25.0. The molecule has 0 aromatic heterocycles. The molecule has 2 N–H and O–H groups in total. The Hall–Kier alpha value is -2.44. The lowest BCUT2D eigenvalue weighted by atomic mass is 9.69. The van der Waals surface area contributed by atoms with E-state index in [0.29, 0.717) is 18.0 Å². The summed E-state index contributed by atoms with van der Waals surface area (Å²) in [5, 5.41) is 12.1. The summed E-state index contributed by atoms with van der Waals surface area (Å²) in [6, 6.07) is 5.72. The summed E-state index contributed by atoms with van der Waals surface area (Å²) in [6.07, 6.45) is 5.38. The summed E-state index contributed by atoms with van der Waals surface area (Å²) in [5.74, 6) is -0.147. The van der Waals surface area contributed by atoms with E-state index < -0.39 is 11.9 Å². The molecule has 7 nitrogen and oxygen atoms in total. The van der Waals surface area contributed by atoms with Crippen LogP contribution in [0.5, 0.6) is 11.5 Å². The van der Waals surface area contributed by atoms with Crippen molar-refractivity contribution in [2.45, 2.75) is 44.4 Å². The molecule has 1 fully saturated rings. The predicted molar refractivity (Wildman–Crippen MR) is 107 cm³/mol. The molecule has 1 aromatic carbocycles. The molecule has 7 heteroatoms. The number of carbonyl (C=O) groups is 2. The molecular formula is C21H32N2O5. The number of carbonyl (C=O) groups excluding carboxylic acids is 1. The summed E-state index contributed by atoms with van der Waals surface area (Å²) in [6.45, 7) is 2.27. The Morgan fingerprint density at radius 3 is 2.39 bits per heavy atom. The van der Waals surface area contributed by atoms with Crippen molar-refractivity contribution in [2.75, 3.05) is 34.4 Å². The Labute approximate surface area is 167 Å². The van der Waals surface area contributed by atoms with E-state index in [1.54, 1.807) is 28.2 Å². The number of urea groups is 1. The maximum atomic E-state index is 12.5. The van der Waals surface area contributed by atoms with Crippen LogP contribution in [0.3, 0.4) is 0 Å². The second-order valence-electron chi connectivity index (χ2n) is 7.69. The molecule has 0 saturated heterocycles. The Morgan fingerprint density at radius 2 is 1.82 bits per heavy atom. The zero-order valence-corrected chi connectivity index (χ0v) is 17.3. The number of rotatable bonds is 8. The molecule has 0 radical (unpaired) electrons. The van der Waals surface area contributed by atoms with Crippen molar-refractivity contribution < 1.29 is 24.2 Å². The first-order chi connectivity index (χ1) is 13.3. The van der Waals surface area contributed by atoms with Crippen LogP contribution in [-0.2, 0) is 10.2 Å². The second kappa shape index (κ2) is 9.66. The quantitative estimate of drug-likeness (QED) is 0.709. The number of hydrogen-bond donors (Lipinski definition) is 2. The number of hydrogen-bond acceptors (Lipinski definition) is 4. The monoisotopic (exact) mass is 392 g/mol. The molecule has 0 spiro atoms. The van der Waals surface area contributed by atoms with Gasteiger partial charge in [-0.05, 0) is 30.5 Å². The lowest BCUT2D eigenvalue weighted by Crippen LogP contribution is -2.47. The van der Waals surface area contributed by atoms with Crippen LogP contribution in [0.4, 0.5) is 4.79 Å². The van der Waals surface area contributed by atoms with Crippen LogP contribution in [0.1, 0.15) is 44.6 Å². The Morgan fingerprint density at radius 1 is 1.18 bits per heavy atom. The zero-order chi connectivity index (χ0) is 20.7. The van der Waals surface area contributed by atoms with E-state index in [2.05, 4.69) is 11.4 Å². The van der Waals surface area contributed by atoms with E-state index >= 15 is 0 Å². The van der Waals surface area contributed by atoms with E-state index in [1.807, 2.05) is 12.1 Å². The van der Waals surface area contributed by atoms with Crippen molar-refractivity contribution in [3.8, 4) is 11.5 Å². The molecular weight excluding hydrogens is 360 g/mol. The molecule has 2 rings (SSSR count). The average Bonchev–Trinajstić information content (AvgIpc) is 2.71. The molecule has 0 aliphatic heterocycles. The number of nitrogens with one attached hydrogen (secondary N) is 1. The molecule has 1 aliphatic carbocycles. The standard InChI is InChI=1S/C21H32N2O5/c1-15(19(24)25)13-23(2)20(26)22-14-21(10-6-5-7-11-21)16-8-9-17(27-3)18(12-16)28-4/h8-9,12,15H,5-7,10-11,13-14H2,1-4H3,(H,22,26)(H,24,25). The fraction of sp³-hybridized carbons (Fsp3) is 0.619. The van der Waals surface area contributed by atoms with Crippen LogP contribution in [0, 0.1) is 5.92 Å². The normalized spacial score (nSPS) is 16.7. The largest absolute Gasteiger partial charge is 0.493 e. The molecule has 28 heavy (non-hydrogen) atoms. The highest BCUT2D eigenvalue weighted by molar-refractivity contribution is 5.75.